The number of benzene rings is 3. The van der Waals surface area contributed by atoms with E-state index in [1.165, 1.54) is 10.5 Å². The van der Waals surface area contributed by atoms with Gasteiger partial charge in [-0.1, -0.05) is 59.9 Å². The molecule has 30 heavy (non-hydrogen) atoms. The smallest absolute Gasteiger partial charge is 0.233 e. The summed E-state index contributed by atoms with van der Waals surface area (Å²) < 4.78 is 1.12. The van der Waals surface area contributed by atoms with Gasteiger partial charge < -0.3 is 0 Å². The summed E-state index contributed by atoms with van der Waals surface area (Å²) >= 11 is 3.29. The number of anilines is 1. The van der Waals surface area contributed by atoms with Crippen LogP contribution in [0.2, 0.25) is 0 Å². The molecule has 1 amide bonds. The molecule has 3 aromatic carbocycles. The average molecular weight is 433 g/mol. The highest BCUT2D eigenvalue weighted by atomic mass is 32.2. The molecule has 0 aliphatic heterocycles. The number of amides is 1. The van der Waals surface area contributed by atoms with Crippen molar-refractivity contribution in [2.24, 2.45) is 0 Å². The van der Waals surface area contributed by atoms with Crippen LogP contribution in [-0.2, 0) is 17.8 Å². The van der Waals surface area contributed by atoms with E-state index in [0.29, 0.717) is 13.0 Å². The van der Waals surface area contributed by atoms with Crippen molar-refractivity contribution < 1.29 is 4.79 Å². The molecule has 3 nitrogen and oxygen atoms in total. The molecule has 0 aliphatic carbocycles. The second-order valence-corrected chi connectivity index (χ2v) is 9.30. The summed E-state index contributed by atoms with van der Waals surface area (Å²) in [5.41, 5.74) is 5.45. The fourth-order valence-corrected chi connectivity index (χ4v) is 5.08. The molecular weight excluding hydrogens is 408 g/mol. The lowest BCUT2D eigenvalue weighted by Gasteiger charge is -2.20. The Kier molecular flexibility index (Phi) is 6.21. The maximum atomic E-state index is 13.4. The summed E-state index contributed by atoms with van der Waals surface area (Å²) in [7, 11) is 0. The first-order valence-electron chi connectivity index (χ1n) is 9.88. The Labute approximate surface area is 185 Å². The number of nitrogens with zero attached hydrogens (tertiary/aromatic N) is 2. The van der Waals surface area contributed by atoms with Crippen LogP contribution in [0.5, 0.6) is 0 Å². The molecule has 0 fully saturated rings. The highest BCUT2D eigenvalue weighted by Gasteiger charge is 2.21. The molecule has 0 bridgehead atoms. The zero-order valence-electron chi connectivity index (χ0n) is 17.4. The van der Waals surface area contributed by atoms with Gasteiger partial charge in [0, 0.05) is 4.90 Å². The molecule has 0 unspecified atom stereocenters. The fourth-order valence-electron chi connectivity index (χ4n) is 3.52. The number of hydrogen-bond acceptors (Lipinski definition) is 4. The van der Waals surface area contributed by atoms with Crippen molar-refractivity contribution in [2.75, 3.05) is 11.2 Å². The summed E-state index contributed by atoms with van der Waals surface area (Å²) in [6, 6.07) is 22.6. The van der Waals surface area contributed by atoms with Gasteiger partial charge in [0.05, 0.1) is 23.2 Å². The molecule has 4 rings (SSSR count). The first kappa shape index (κ1) is 20.6. The van der Waals surface area contributed by atoms with Crippen LogP contribution in [0, 0.1) is 13.8 Å². The molecule has 0 saturated carbocycles. The van der Waals surface area contributed by atoms with Gasteiger partial charge in [0.1, 0.15) is 0 Å². The van der Waals surface area contributed by atoms with E-state index in [1.54, 1.807) is 23.1 Å². The van der Waals surface area contributed by atoms with E-state index in [9.17, 15) is 4.79 Å². The molecule has 0 spiro atoms. The van der Waals surface area contributed by atoms with Gasteiger partial charge >= 0.3 is 0 Å². The lowest BCUT2D eigenvalue weighted by Crippen LogP contribution is -2.31. The van der Waals surface area contributed by atoms with Gasteiger partial charge in [-0.25, -0.2) is 4.98 Å². The van der Waals surface area contributed by atoms with E-state index in [1.807, 2.05) is 35.2 Å². The molecule has 5 heteroatoms. The van der Waals surface area contributed by atoms with E-state index >= 15 is 0 Å². The number of hydrogen-bond donors (Lipinski definition) is 0. The molecule has 1 aromatic heterocycles. The standard InChI is InChI=1S/C25H24N2OS2/c1-17-13-18(2)24-22(14-17)30-25(26-24)27(16-20-7-5-4-6-8-20)23(28)15-19-9-11-21(29-3)12-10-19/h4-14H,15-16H2,1-3H3. The van der Waals surface area contributed by atoms with Crippen molar-refractivity contribution in [3.05, 3.63) is 89.0 Å². The van der Waals surface area contributed by atoms with Gasteiger partial charge in [-0.3, -0.25) is 9.69 Å². The van der Waals surface area contributed by atoms with Gasteiger partial charge in [0.25, 0.3) is 0 Å². The zero-order valence-corrected chi connectivity index (χ0v) is 19.0. The van der Waals surface area contributed by atoms with Crippen LogP contribution in [0.1, 0.15) is 22.3 Å². The molecule has 0 saturated heterocycles. The number of carbonyl (C=O) groups excluding carboxylic acids is 1. The van der Waals surface area contributed by atoms with E-state index < -0.39 is 0 Å². The molecule has 0 atom stereocenters. The van der Waals surface area contributed by atoms with Crippen LogP contribution >= 0.6 is 23.1 Å². The van der Waals surface area contributed by atoms with Crippen molar-refractivity contribution in [1.82, 2.24) is 4.98 Å². The predicted octanol–water partition coefficient (Wildman–Crippen LogP) is 6.41. The van der Waals surface area contributed by atoms with Crippen molar-refractivity contribution in [3.63, 3.8) is 0 Å². The quantitative estimate of drug-likeness (QED) is 0.330. The Bertz CT molecular complexity index is 1170. The number of fused-ring (bicyclic) bond motifs is 1. The summed E-state index contributed by atoms with van der Waals surface area (Å²) in [6.45, 7) is 4.69. The van der Waals surface area contributed by atoms with Crippen LogP contribution in [0.15, 0.2) is 71.6 Å². The Morgan fingerprint density at radius 3 is 2.43 bits per heavy atom. The van der Waals surface area contributed by atoms with Gasteiger partial charge in [-0.05, 0) is 60.6 Å². The molecule has 0 aliphatic rings. The first-order chi connectivity index (χ1) is 14.5. The third kappa shape index (κ3) is 4.58. The maximum Gasteiger partial charge on any atom is 0.233 e. The van der Waals surface area contributed by atoms with Crippen molar-refractivity contribution in [1.29, 1.82) is 0 Å². The number of carbonyl (C=O) groups is 1. The van der Waals surface area contributed by atoms with Crippen LogP contribution in [0.3, 0.4) is 0 Å². The third-order valence-electron chi connectivity index (χ3n) is 5.05. The normalized spacial score (nSPS) is 11.0. The Hall–Kier alpha value is -2.63. The van der Waals surface area contributed by atoms with E-state index in [0.717, 1.165) is 32.0 Å². The number of aryl methyl sites for hydroxylation is 2. The molecule has 1 heterocycles. The highest BCUT2D eigenvalue weighted by molar-refractivity contribution is 7.98. The predicted molar refractivity (Wildman–Crippen MR) is 129 cm³/mol. The minimum Gasteiger partial charge on any atom is -0.283 e. The Morgan fingerprint density at radius 1 is 1.00 bits per heavy atom. The maximum absolute atomic E-state index is 13.4. The average Bonchev–Trinajstić information content (AvgIpc) is 3.17. The fraction of sp³-hybridized carbons (Fsp3) is 0.200. The highest BCUT2D eigenvalue weighted by Crippen LogP contribution is 2.33. The van der Waals surface area contributed by atoms with Crippen molar-refractivity contribution in [3.8, 4) is 0 Å². The largest absolute Gasteiger partial charge is 0.283 e. The SMILES string of the molecule is CSc1ccc(CC(=O)N(Cc2ccccc2)c2nc3c(C)cc(C)cc3s2)cc1. The van der Waals surface area contributed by atoms with Crippen molar-refractivity contribution >= 4 is 44.4 Å². The molecular formula is C25H24N2OS2. The monoisotopic (exact) mass is 432 g/mol. The molecule has 0 radical (unpaired) electrons. The van der Waals surface area contributed by atoms with Gasteiger partial charge in [0.15, 0.2) is 5.13 Å². The topological polar surface area (TPSA) is 33.2 Å². The second kappa shape index (κ2) is 9.02. The van der Waals surface area contributed by atoms with E-state index in [4.69, 9.17) is 4.98 Å². The lowest BCUT2D eigenvalue weighted by molar-refractivity contribution is -0.118. The third-order valence-corrected chi connectivity index (χ3v) is 6.82. The summed E-state index contributed by atoms with van der Waals surface area (Å²) in [5.74, 6) is 0.0594. The minimum atomic E-state index is 0.0594. The molecule has 0 N–H and O–H groups in total. The second-order valence-electron chi connectivity index (χ2n) is 7.42. The zero-order chi connectivity index (χ0) is 21.1. The Morgan fingerprint density at radius 2 is 1.73 bits per heavy atom. The first-order valence-corrected chi connectivity index (χ1v) is 11.9. The van der Waals surface area contributed by atoms with Gasteiger partial charge in [-0.15, -0.1) is 11.8 Å². The van der Waals surface area contributed by atoms with Crippen LogP contribution in [-0.4, -0.2) is 17.1 Å². The number of rotatable bonds is 6. The van der Waals surface area contributed by atoms with Gasteiger partial charge in [0.2, 0.25) is 5.91 Å². The molecule has 152 valence electrons. The summed E-state index contributed by atoms with van der Waals surface area (Å²) in [6.07, 6.45) is 2.41. The number of thiazole rings is 1. The Balaban J connectivity index is 1.68. The van der Waals surface area contributed by atoms with Crippen molar-refractivity contribution in [2.45, 2.75) is 31.7 Å². The number of thioether (sulfide) groups is 1. The minimum absolute atomic E-state index is 0.0594. The van der Waals surface area contributed by atoms with Crippen LogP contribution < -0.4 is 4.90 Å². The summed E-state index contributed by atoms with van der Waals surface area (Å²) in [4.78, 5) is 21.3. The lowest BCUT2D eigenvalue weighted by atomic mass is 10.1. The van der Waals surface area contributed by atoms with Crippen LogP contribution in [0.4, 0.5) is 5.13 Å². The van der Waals surface area contributed by atoms with E-state index in [2.05, 4.69) is 56.5 Å². The molecule has 4 aromatic rings. The van der Waals surface area contributed by atoms with Gasteiger partial charge in [-0.2, -0.15) is 0 Å². The number of aromatic nitrogens is 1. The summed E-state index contributed by atoms with van der Waals surface area (Å²) in [5, 5.41) is 0.758. The van der Waals surface area contributed by atoms with Crippen LogP contribution in [0.25, 0.3) is 10.2 Å². The van der Waals surface area contributed by atoms with E-state index in [-0.39, 0.29) is 5.91 Å².